The topological polar surface area (TPSA) is 50.6 Å². The Labute approximate surface area is 174 Å². The van der Waals surface area contributed by atoms with Crippen LogP contribution in [0.3, 0.4) is 0 Å². The smallest absolute Gasteiger partial charge is 0.275 e. The average molecular weight is 406 g/mol. The van der Waals surface area contributed by atoms with Crippen LogP contribution in [0.2, 0.25) is 0 Å². The van der Waals surface area contributed by atoms with Gasteiger partial charge < -0.3 is 14.5 Å². The average Bonchev–Trinajstić information content (AvgIpc) is 3.07. The lowest BCUT2D eigenvalue weighted by Crippen LogP contribution is -2.51. The highest BCUT2D eigenvalue weighted by Crippen LogP contribution is 2.31. The molecular formula is C23H23FN4O2. The van der Waals surface area contributed by atoms with Crippen LogP contribution in [-0.4, -0.2) is 53.4 Å². The summed E-state index contributed by atoms with van der Waals surface area (Å²) in [4.78, 5) is 17.3. The predicted molar refractivity (Wildman–Crippen MR) is 111 cm³/mol. The number of fused-ring (bicyclic) bond motifs is 2. The van der Waals surface area contributed by atoms with Gasteiger partial charge in [0.1, 0.15) is 18.2 Å². The van der Waals surface area contributed by atoms with Crippen LogP contribution in [-0.2, 0) is 13.0 Å². The first-order valence-electron chi connectivity index (χ1n) is 10.1. The molecule has 1 amide bonds. The quantitative estimate of drug-likeness (QED) is 0.671. The molecule has 7 heteroatoms. The molecule has 2 aliphatic rings. The highest BCUT2D eigenvalue weighted by Gasteiger charge is 2.35. The van der Waals surface area contributed by atoms with Gasteiger partial charge >= 0.3 is 0 Å². The van der Waals surface area contributed by atoms with E-state index in [4.69, 9.17) is 4.74 Å². The third-order valence-electron chi connectivity index (χ3n) is 5.79. The van der Waals surface area contributed by atoms with Gasteiger partial charge in [0.25, 0.3) is 5.91 Å². The van der Waals surface area contributed by atoms with E-state index in [-0.39, 0.29) is 17.8 Å². The van der Waals surface area contributed by atoms with Crippen molar-refractivity contribution in [3.63, 3.8) is 0 Å². The molecule has 1 aromatic heterocycles. The number of carbonyl (C=O) groups excluding carboxylic acids is 1. The third kappa shape index (κ3) is 3.40. The molecule has 2 aromatic carbocycles. The Morgan fingerprint density at radius 1 is 1.20 bits per heavy atom. The van der Waals surface area contributed by atoms with E-state index < -0.39 is 0 Å². The minimum atomic E-state index is -0.273. The molecule has 2 aliphatic heterocycles. The molecule has 0 aliphatic carbocycles. The molecule has 0 bridgehead atoms. The van der Waals surface area contributed by atoms with Crippen LogP contribution in [0.4, 0.5) is 10.1 Å². The van der Waals surface area contributed by atoms with E-state index in [9.17, 15) is 9.18 Å². The maximum Gasteiger partial charge on any atom is 0.275 e. The molecule has 0 spiro atoms. The number of amides is 1. The van der Waals surface area contributed by atoms with Gasteiger partial charge in [-0.3, -0.25) is 9.48 Å². The first kappa shape index (κ1) is 18.7. The number of anilines is 1. The van der Waals surface area contributed by atoms with E-state index >= 15 is 0 Å². The van der Waals surface area contributed by atoms with Crippen LogP contribution in [0.25, 0.3) is 0 Å². The molecule has 0 radical (unpaired) electrons. The highest BCUT2D eigenvalue weighted by molar-refractivity contribution is 5.95. The van der Waals surface area contributed by atoms with Crippen molar-refractivity contribution in [1.82, 2.24) is 14.7 Å². The summed E-state index contributed by atoms with van der Waals surface area (Å²) in [5.74, 6) is 0.499. The molecule has 3 aromatic rings. The van der Waals surface area contributed by atoms with E-state index in [1.807, 2.05) is 48.5 Å². The van der Waals surface area contributed by atoms with Gasteiger partial charge in [-0.15, -0.1) is 0 Å². The predicted octanol–water partition coefficient (Wildman–Crippen LogP) is 2.97. The summed E-state index contributed by atoms with van der Waals surface area (Å²) in [5, 5.41) is 4.53. The number of aromatic nitrogens is 2. The molecular weight excluding hydrogens is 383 g/mol. The second-order valence-corrected chi connectivity index (χ2v) is 7.89. The summed E-state index contributed by atoms with van der Waals surface area (Å²) >= 11 is 0. The zero-order valence-electron chi connectivity index (χ0n) is 16.8. The Hall–Kier alpha value is -3.35. The van der Waals surface area contributed by atoms with Crippen LogP contribution < -0.4 is 9.64 Å². The van der Waals surface area contributed by atoms with Crippen molar-refractivity contribution in [1.29, 1.82) is 0 Å². The zero-order chi connectivity index (χ0) is 20.7. The SMILES string of the molecule is CN1C[C@H](N2CCc3cn(Cc4cccc(F)c4)nc3C2=O)COc2ccccc21. The van der Waals surface area contributed by atoms with Crippen LogP contribution in [0, 0.1) is 5.82 Å². The van der Waals surface area contributed by atoms with Crippen molar-refractivity contribution in [3.8, 4) is 5.75 Å². The number of likely N-dealkylation sites (N-methyl/N-ethyl adjacent to an activating group) is 1. The molecule has 1 atom stereocenters. The number of hydrogen-bond acceptors (Lipinski definition) is 4. The Balaban J connectivity index is 1.35. The molecule has 0 N–H and O–H groups in total. The minimum Gasteiger partial charge on any atom is -0.489 e. The largest absolute Gasteiger partial charge is 0.489 e. The van der Waals surface area contributed by atoms with Crippen LogP contribution in [0.1, 0.15) is 21.6 Å². The summed E-state index contributed by atoms with van der Waals surface area (Å²) < 4.78 is 21.2. The third-order valence-corrected chi connectivity index (χ3v) is 5.79. The van der Waals surface area contributed by atoms with Crippen LogP contribution in [0.5, 0.6) is 5.75 Å². The first-order chi connectivity index (χ1) is 14.6. The fourth-order valence-corrected chi connectivity index (χ4v) is 4.29. The number of benzene rings is 2. The molecule has 6 nitrogen and oxygen atoms in total. The van der Waals surface area contributed by atoms with E-state index in [1.165, 1.54) is 12.1 Å². The lowest BCUT2D eigenvalue weighted by atomic mass is 10.0. The van der Waals surface area contributed by atoms with Crippen molar-refractivity contribution < 1.29 is 13.9 Å². The molecule has 0 unspecified atom stereocenters. The molecule has 0 saturated heterocycles. The van der Waals surface area contributed by atoms with Crippen molar-refractivity contribution >= 4 is 11.6 Å². The van der Waals surface area contributed by atoms with E-state index in [0.29, 0.717) is 31.9 Å². The number of ether oxygens (including phenoxy) is 1. The van der Waals surface area contributed by atoms with Gasteiger partial charge in [0.2, 0.25) is 0 Å². The van der Waals surface area contributed by atoms with E-state index in [0.717, 1.165) is 29.0 Å². The second kappa shape index (κ2) is 7.48. The Kier molecular flexibility index (Phi) is 4.65. The zero-order valence-corrected chi connectivity index (χ0v) is 16.8. The molecule has 3 heterocycles. The molecule has 30 heavy (non-hydrogen) atoms. The van der Waals surface area contributed by atoms with Crippen molar-refractivity contribution in [2.75, 3.05) is 31.6 Å². The summed E-state index contributed by atoms with van der Waals surface area (Å²) in [6.07, 6.45) is 2.65. The first-order valence-corrected chi connectivity index (χ1v) is 10.1. The highest BCUT2D eigenvalue weighted by atomic mass is 19.1. The van der Waals surface area contributed by atoms with Gasteiger partial charge in [0.05, 0.1) is 18.3 Å². The lowest BCUT2D eigenvalue weighted by Gasteiger charge is -2.34. The minimum absolute atomic E-state index is 0.0589. The van der Waals surface area contributed by atoms with Gasteiger partial charge in [-0.2, -0.15) is 5.10 Å². The standard InChI is InChI=1S/C23H23FN4O2/c1-26-14-19(15-30-21-8-3-2-7-20(21)26)28-10-9-17-13-27(25-22(17)23(28)29)12-16-5-4-6-18(24)11-16/h2-8,11,13,19H,9-10,12,14-15H2,1H3/t19-/m0/s1. The van der Waals surface area contributed by atoms with Gasteiger partial charge in [-0.1, -0.05) is 24.3 Å². The summed E-state index contributed by atoms with van der Waals surface area (Å²) in [7, 11) is 2.02. The second-order valence-electron chi connectivity index (χ2n) is 7.89. The van der Waals surface area contributed by atoms with Crippen molar-refractivity contribution in [2.45, 2.75) is 19.0 Å². The Bertz CT molecular complexity index is 1100. The fraction of sp³-hybridized carbons (Fsp3) is 0.304. The number of rotatable bonds is 3. The van der Waals surface area contributed by atoms with Gasteiger partial charge in [-0.25, -0.2) is 4.39 Å². The van der Waals surface area contributed by atoms with Gasteiger partial charge in [-0.05, 0) is 36.2 Å². The van der Waals surface area contributed by atoms with E-state index in [2.05, 4.69) is 10.00 Å². The molecule has 0 fully saturated rings. The number of carbonyl (C=O) groups is 1. The summed E-state index contributed by atoms with van der Waals surface area (Å²) in [5.41, 5.74) is 3.28. The maximum absolute atomic E-state index is 13.5. The molecule has 154 valence electrons. The number of para-hydroxylation sites is 2. The summed E-state index contributed by atoms with van der Waals surface area (Å²) in [6, 6.07) is 14.3. The summed E-state index contributed by atoms with van der Waals surface area (Å²) in [6.45, 7) is 2.22. The lowest BCUT2D eigenvalue weighted by molar-refractivity contribution is 0.0604. The normalized spacial score (nSPS) is 18.5. The monoisotopic (exact) mass is 406 g/mol. The number of halogens is 1. The van der Waals surface area contributed by atoms with Gasteiger partial charge in [0.15, 0.2) is 5.69 Å². The van der Waals surface area contributed by atoms with Crippen molar-refractivity contribution in [2.24, 2.45) is 0 Å². The molecule has 0 saturated carbocycles. The van der Waals surface area contributed by atoms with Crippen molar-refractivity contribution in [3.05, 3.63) is 77.4 Å². The van der Waals surface area contributed by atoms with E-state index in [1.54, 1.807) is 10.7 Å². The van der Waals surface area contributed by atoms with Crippen LogP contribution in [0.15, 0.2) is 54.7 Å². The Morgan fingerprint density at radius 2 is 2.07 bits per heavy atom. The maximum atomic E-state index is 13.5. The number of hydrogen-bond donors (Lipinski definition) is 0. The number of nitrogens with zero attached hydrogens (tertiary/aromatic N) is 4. The Morgan fingerprint density at radius 3 is 2.93 bits per heavy atom. The van der Waals surface area contributed by atoms with Crippen LogP contribution >= 0.6 is 0 Å². The van der Waals surface area contributed by atoms with Gasteiger partial charge in [0, 0.05) is 31.9 Å². The fourth-order valence-electron chi connectivity index (χ4n) is 4.29. The molecule has 5 rings (SSSR count).